The molecular formula is C12H15ClN4O2S. The minimum absolute atomic E-state index is 0.0835. The van der Waals surface area contributed by atoms with Gasteiger partial charge in [0, 0.05) is 17.8 Å². The van der Waals surface area contributed by atoms with Gasteiger partial charge in [-0.25, -0.2) is 0 Å². The van der Waals surface area contributed by atoms with Crippen LogP contribution in [-0.4, -0.2) is 18.6 Å². The molecule has 0 aliphatic heterocycles. The van der Waals surface area contributed by atoms with E-state index in [0.717, 1.165) is 5.56 Å². The number of nitrogens with one attached hydrogen (secondary N) is 2. The van der Waals surface area contributed by atoms with E-state index in [0.29, 0.717) is 22.0 Å². The van der Waals surface area contributed by atoms with Crippen LogP contribution in [0.25, 0.3) is 0 Å². The maximum absolute atomic E-state index is 12.3. The van der Waals surface area contributed by atoms with Crippen molar-refractivity contribution in [3.05, 3.63) is 40.0 Å². The lowest BCUT2D eigenvalue weighted by Crippen LogP contribution is -2.16. The number of sulfonamides is 1. The second-order valence-corrected chi connectivity index (χ2v) is 6.43. The quantitative estimate of drug-likeness (QED) is 0.802. The number of aromatic amines is 1. The molecule has 0 aliphatic carbocycles. The van der Waals surface area contributed by atoms with E-state index in [9.17, 15) is 8.42 Å². The standard InChI is InChI=1S/C12H15ClN4O2S/c1-7-3-4-11(10(13)5-7)17-20(18,19)12-9(6-14)8(2)15-16-12/h3-5,17H,6,14H2,1-2H3,(H,15,16). The molecule has 2 rings (SSSR count). The lowest BCUT2D eigenvalue weighted by atomic mass is 10.2. The van der Waals surface area contributed by atoms with E-state index >= 15 is 0 Å². The highest BCUT2D eigenvalue weighted by Crippen LogP contribution is 2.26. The summed E-state index contributed by atoms with van der Waals surface area (Å²) in [7, 11) is -3.83. The number of hydrogen-bond acceptors (Lipinski definition) is 4. The van der Waals surface area contributed by atoms with Gasteiger partial charge in [-0.2, -0.15) is 13.5 Å². The van der Waals surface area contributed by atoms with Gasteiger partial charge in [0.2, 0.25) is 5.03 Å². The Morgan fingerprint density at radius 2 is 2.10 bits per heavy atom. The number of H-pyrrole nitrogens is 1. The summed E-state index contributed by atoms with van der Waals surface area (Å²) >= 11 is 6.02. The van der Waals surface area contributed by atoms with Crippen LogP contribution < -0.4 is 10.5 Å². The number of benzene rings is 1. The molecule has 0 unspecified atom stereocenters. The van der Waals surface area contributed by atoms with Crippen molar-refractivity contribution < 1.29 is 8.42 Å². The van der Waals surface area contributed by atoms with Crippen LogP contribution in [0.15, 0.2) is 23.2 Å². The maximum Gasteiger partial charge on any atom is 0.281 e. The molecule has 8 heteroatoms. The Morgan fingerprint density at radius 3 is 2.70 bits per heavy atom. The number of hydrogen-bond donors (Lipinski definition) is 3. The van der Waals surface area contributed by atoms with Crippen molar-refractivity contribution in [2.75, 3.05) is 4.72 Å². The summed E-state index contributed by atoms with van der Waals surface area (Å²) < 4.78 is 27.1. The third kappa shape index (κ3) is 2.79. The second-order valence-electron chi connectivity index (χ2n) is 4.43. The highest BCUT2D eigenvalue weighted by Gasteiger charge is 2.23. The molecule has 4 N–H and O–H groups in total. The predicted molar refractivity (Wildman–Crippen MR) is 78.2 cm³/mol. The first-order valence-electron chi connectivity index (χ1n) is 5.88. The normalized spacial score (nSPS) is 11.6. The summed E-state index contributed by atoms with van der Waals surface area (Å²) in [6.45, 7) is 3.67. The molecule has 0 aliphatic rings. The smallest absolute Gasteiger partial charge is 0.281 e. The predicted octanol–water partition coefficient (Wildman–Crippen LogP) is 1.94. The zero-order valence-electron chi connectivity index (χ0n) is 11.1. The minimum atomic E-state index is -3.83. The van der Waals surface area contributed by atoms with Crippen molar-refractivity contribution in [1.29, 1.82) is 0 Å². The maximum atomic E-state index is 12.3. The first-order chi connectivity index (χ1) is 9.35. The van der Waals surface area contributed by atoms with Crippen molar-refractivity contribution in [1.82, 2.24) is 10.2 Å². The number of aryl methyl sites for hydroxylation is 2. The minimum Gasteiger partial charge on any atom is -0.326 e. The van der Waals surface area contributed by atoms with Crippen molar-refractivity contribution in [3.8, 4) is 0 Å². The van der Waals surface area contributed by atoms with Gasteiger partial charge in [0.05, 0.1) is 10.7 Å². The molecule has 0 radical (unpaired) electrons. The molecule has 0 spiro atoms. The van der Waals surface area contributed by atoms with Gasteiger partial charge in [0.1, 0.15) is 0 Å². The average Bonchev–Trinajstić information content (AvgIpc) is 2.74. The van der Waals surface area contributed by atoms with E-state index in [2.05, 4.69) is 14.9 Å². The molecule has 0 atom stereocenters. The summed E-state index contributed by atoms with van der Waals surface area (Å²) in [4.78, 5) is 0. The molecule has 6 nitrogen and oxygen atoms in total. The Balaban J connectivity index is 2.41. The van der Waals surface area contributed by atoms with Gasteiger partial charge in [-0.3, -0.25) is 9.82 Å². The molecule has 1 aromatic heterocycles. The molecule has 1 aromatic carbocycles. The summed E-state index contributed by atoms with van der Waals surface area (Å²) in [6.07, 6.45) is 0. The monoisotopic (exact) mass is 314 g/mol. The largest absolute Gasteiger partial charge is 0.326 e. The van der Waals surface area contributed by atoms with E-state index in [4.69, 9.17) is 17.3 Å². The van der Waals surface area contributed by atoms with E-state index in [1.54, 1.807) is 25.1 Å². The molecule has 20 heavy (non-hydrogen) atoms. The molecule has 1 heterocycles. The first kappa shape index (κ1) is 14.8. The van der Waals surface area contributed by atoms with E-state index in [-0.39, 0.29) is 11.6 Å². The van der Waals surface area contributed by atoms with E-state index in [1.807, 2.05) is 6.92 Å². The van der Waals surface area contributed by atoms with Gasteiger partial charge in [-0.1, -0.05) is 17.7 Å². The van der Waals surface area contributed by atoms with Gasteiger partial charge in [0.25, 0.3) is 10.0 Å². The SMILES string of the molecule is Cc1ccc(NS(=O)(=O)c2n[nH]c(C)c2CN)c(Cl)c1. The van der Waals surface area contributed by atoms with Crippen LogP contribution in [0.2, 0.25) is 5.02 Å². The summed E-state index contributed by atoms with van der Waals surface area (Å²) in [5.74, 6) is 0. The van der Waals surface area contributed by atoms with Crippen LogP contribution in [0.5, 0.6) is 0 Å². The third-order valence-electron chi connectivity index (χ3n) is 2.86. The fourth-order valence-corrected chi connectivity index (χ4v) is 3.42. The topological polar surface area (TPSA) is 101 Å². The molecule has 2 aromatic rings. The Morgan fingerprint density at radius 1 is 1.40 bits per heavy atom. The number of nitrogens with zero attached hydrogens (tertiary/aromatic N) is 1. The van der Waals surface area contributed by atoms with Crippen LogP contribution in [0.4, 0.5) is 5.69 Å². The number of nitrogens with two attached hydrogens (primary N) is 1. The zero-order chi connectivity index (χ0) is 14.9. The zero-order valence-corrected chi connectivity index (χ0v) is 12.6. The van der Waals surface area contributed by atoms with Crippen LogP contribution in [0.1, 0.15) is 16.8 Å². The van der Waals surface area contributed by atoms with Crippen molar-refractivity contribution in [2.45, 2.75) is 25.4 Å². The highest BCUT2D eigenvalue weighted by atomic mass is 35.5. The third-order valence-corrected chi connectivity index (χ3v) is 4.51. The molecular weight excluding hydrogens is 300 g/mol. The molecule has 0 saturated carbocycles. The number of halogens is 1. The highest BCUT2D eigenvalue weighted by molar-refractivity contribution is 7.92. The molecule has 0 bridgehead atoms. The Bertz CT molecular complexity index is 740. The Hall–Kier alpha value is -1.57. The lowest BCUT2D eigenvalue weighted by Gasteiger charge is -2.09. The van der Waals surface area contributed by atoms with E-state index < -0.39 is 10.0 Å². The van der Waals surface area contributed by atoms with Gasteiger partial charge in [0.15, 0.2) is 0 Å². The first-order valence-corrected chi connectivity index (χ1v) is 7.74. The van der Waals surface area contributed by atoms with Crippen LogP contribution in [0.3, 0.4) is 0 Å². The fraction of sp³-hybridized carbons (Fsp3) is 0.250. The number of rotatable bonds is 4. The van der Waals surface area contributed by atoms with E-state index in [1.165, 1.54) is 0 Å². The molecule has 0 saturated heterocycles. The summed E-state index contributed by atoms with van der Waals surface area (Å²) in [5, 5.41) is 6.65. The Kier molecular flexibility index (Phi) is 4.03. The van der Waals surface area contributed by atoms with Gasteiger partial charge in [-0.05, 0) is 31.5 Å². The Labute approximate surface area is 122 Å². The second kappa shape index (κ2) is 5.43. The van der Waals surface area contributed by atoms with Crippen LogP contribution in [0, 0.1) is 13.8 Å². The lowest BCUT2D eigenvalue weighted by molar-refractivity contribution is 0.596. The summed E-state index contributed by atoms with van der Waals surface area (Å²) in [5.41, 5.74) is 7.89. The average molecular weight is 315 g/mol. The summed E-state index contributed by atoms with van der Waals surface area (Å²) in [6, 6.07) is 5.05. The van der Waals surface area contributed by atoms with Crippen molar-refractivity contribution in [3.63, 3.8) is 0 Å². The van der Waals surface area contributed by atoms with Crippen molar-refractivity contribution in [2.24, 2.45) is 5.73 Å². The van der Waals surface area contributed by atoms with Gasteiger partial charge in [-0.15, -0.1) is 0 Å². The van der Waals surface area contributed by atoms with Crippen LogP contribution >= 0.6 is 11.6 Å². The number of anilines is 1. The molecule has 0 amide bonds. The van der Waals surface area contributed by atoms with Gasteiger partial charge < -0.3 is 5.73 Å². The fourth-order valence-electron chi connectivity index (χ4n) is 1.79. The molecule has 0 fully saturated rings. The van der Waals surface area contributed by atoms with Crippen molar-refractivity contribution >= 4 is 27.3 Å². The van der Waals surface area contributed by atoms with Gasteiger partial charge >= 0.3 is 0 Å². The molecule has 108 valence electrons. The number of aromatic nitrogens is 2. The van der Waals surface area contributed by atoms with Crippen LogP contribution in [-0.2, 0) is 16.6 Å².